The lowest BCUT2D eigenvalue weighted by Crippen LogP contribution is -2.01. The summed E-state index contributed by atoms with van der Waals surface area (Å²) in [6.45, 7) is 1.80. The Labute approximate surface area is 108 Å². The van der Waals surface area contributed by atoms with Gasteiger partial charge in [-0.25, -0.2) is 14.6 Å². The number of hydrogen-bond acceptors (Lipinski definition) is 4. The van der Waals surface area contributed by atoms with Crippen LogP contribution in [0.3, 0.4) is 0 Å². The molecule has 3 aromatic rings. The number of aromatic nitrogens is 4. The largest absolute Gasteiger partial charge is 0.383 e. The zero-order valence-electron chi connectivity index (χ0n) is 9.63. The highest BCUT2D eigenvalue weighted by atomic mass is 35.5. The molecular formula is C12H10ClN5. The summed E-state index contributed by atoms with van der Waals surface area (Å²) in [5, 5.41) is 5.72. The van der Waals surface area contributed by atoms with Crippen molar-refractivity contribution in [1.82, 2.24) is 19.7 Å². The Bertz CT molecular complexity index is 717. The van der Waals surface area contributed by atoms with Gasteiger partial charge in [0.05, 0.1) is 17.3 Å². The maximum atomic E-state index is 5.87. The molecule has 0 spiro atoms. The molecule has 5 nitrogen and oxygen atoms in total. The Morgan fingerprint density at radius 2 is 1.89 bits per heavy atom. The van der Waals surface area contributed by atoms with E-state index in [9.17, 15) is 0 Å². The monoisotopic (exact) mass is 259 g/mol. The second-order valence-corrected chi connectivity index (χ2v) is 4.36. The van der Waals surface area contributed by atoms with Crippen molar-refractivity contribution in [3.8, 4) is 5.69 Å². The predicted molar refractivity (Wildman–Crippen MR) is 70.8 cm³/mol. The average molecular weight is 260 g/mol. The normalized spacial score (nSPS) is 11.0. The van der Waals surface area contributed by atoms with Crippen LogP contribution in [0.5, 0.6) is 0 Å². The van der Waals surface area contributed by atoms with Gasteiger partial charge in [0.15, 0.2) is 5.65 Å². The van der Waals surface area contributed by atoms with Gasteiger partial charge in [0.25, 0.3) is 0 Å². The Kier molecular flexibility index (Phi) is 2.41. The van der Waals surface area contributed by atoms with Gasteiger partial charge in [-0.3, -0.25) is 0 Å². The zero-order valence-corrected chi connectivity index (χ0v) is 10.4. The molecule has 0 bridgehead atoms. The van der Waals surface area contributed by atoms with Crippen LogP contribution in [0.1, 0.15) is 5.82 Å². The molecule has 0 aliphatic carbocycles. The van der Waals surface area contributed by atoms with E-state index in [1.54, 1.807) is 17.8 Å². The van der Waals surface area contributed by atoms with Gasteiger partial charge in [-0.1, -0.05) is 11.6 Å². The first-order valence-electron chi connectivity index (χ1n) is 5.39. The molecule has 2 heterocycles. The van der Waals surface area contributed by atoms with Gasteiger partial charge in [-0.2, -0.15) is 5.10 Å². The van der Waals surface area contributed by atoms with Crippen LogP contribution >= 0.6 is 11.6 Å². The van der Waals surface area contributed by atoms with E-state index in [0.29, 0.717) is 22.3 Å². The van der Waals surface area contributed by atoms with E-state index in [-0.39, 0.29) is 0 Å². The van der Waals surface area contributed by atoms with Gasteiger partial charge in [0.2, 0.25) is 0 Å². The molecule has 0 saturated heterocycles. The van der Waals surface area contributed by atoms with Crippen LogP contribution in [0, 0.1) is 6.92 Å². The molecular weight excluding hydrogens is 250 g/mol. The van der Waals surface area contributed by atoms with E-state index in [1.165, 1.54) is 0 Å². The lowest BCUT2D eigenvalue weighted by Gasteiger charge is -2.04. The number of nitrogens with two attached hydrogens (primary N) is 1. The van der Waals surface area contributed by atoms with Crippen LogP contribution in [0.25, 0.3) is 16.7 Å². The number of benzene rings is 1. The molecule has 18 heavy (non-hydrogen) atoms. The van der Waals surface area contributed by atoms with Crippen LogP contribution in [0.2, 0.25) is 5.02 Å². The Morgan fingerprint density at radius 1 is 1.17 bits per heavy atom. The first kappa shape index (κ1) is 11.0. The molecule has 0 aliphatic heterocycles. The molecule has 6 heteroatoms. The summed E-state index contributed by atoms with van der Waals surface area (Å²) >= 11 is 5.87. The van der Waals surface area contributed by atoms with Gasteiger partial charge in [0, 0.05) is 5.02 Å². The SMILES string of the molecule is Cc1nc(N)c2cnn(-c3ccc(Cl)cc3)c2n1. The molecule has 90 valence electrons. The third-order valence-corrected chi connectivity index (χ3v) is 2.89. The van der Waals surface area contributed by atoms with Gasteiger partial charge in [-0.15, -0.1) is 0 Å². The predicted octanol–water partition coefficient (Wildman–Crippen LogP) is 2.36. The minimum absolute atomic E-state index is 0.442. The number of aryl methyl sites for hydroxylation is 1. The van der Waals surface area contributed by atoms with Crippen molar-refractivity contribution in [3.05, 3.63) is 41.3 Å². The quantitative estimate of drug-likeness (QED) is 0.728. The molecule has 0 radical (unpaired) electrons. The van der Waals surface area contributed by atoms with Crippen LogP contribution in [0.15, 0.2) is 30.5 Å². The Hall–Kier alpha value is -2.14. The van der Waals surface area contributed by atoms with Crippen molar-refractivity contribution in [3.63, 3.8) is 0 Å². The molecule has 0 unspecified atom stereocenters. The summed E-state index contributed by atoms with van der Waals surface area (Å²) in [7, 11) is 0. The molecule has 2 aromatic heterocycles. The molecule has 0 saturated carbocycles. The molecule has 0 fully saturated rings. The molecule has 0 amide bonds. The number of fused-ring (bicyclic) bond motifs is 1. The third-order valence-electron chi connectivity index (χ3n) is 2.64. The van der Waals surface area contributed by atoms with E-state index >= 15 is 0 Å². The minimum Gasteiger partial charge on any atom is -0.383 e. The van der Waals surface area contributed by atoms with Crippen molar-refractivity contribution >= 4 is 28.5 Å². The summed E-state index contributed by atoms with van der Waals surface area (Å²) in [4.78, 5) is 8.49. The number of halogens is 1. The van der Waals surface area contributed by atoms with Crippen molar-refractivity contribution in [2.45, 2.75) is 6.92 Å². The van der Waals surface area contributed by atoms with Crippen molar-refractivity contribution in [1.29, 1.82) is 0 Å². The van der Waals surface area contributed by atoms with Crippen molar-refractivity contribution in [2.24, 2.45) is 0 Å². The lowest BCUT2D eigenvalue weighted by atomic mass is 10.3. The number of nitrogen functional groups attached to an aromatic ring is 1. The highest BCUT2D eigenvalue weighted by Crippen LogP contribution is 2.21. The summed E-state index contributed by atoms with van der Waals surface area (Å²) in [5.74, 6) is 1.06. The smallest absolute Gasteiger partial charge is 0.168 e. The van der Waals surface area contributed by atoms with Gasteiger partial charge >= 0.3 is 0 Å². The Morgan fingerprint density at radius 3 is 2.61 bits per heavy atom. The fraction of sp³-hybridized carbons (Fsp3) is 0.0833. The van der Waals surface area contributed by atoms with E-state index in [1.807, 2.05) is 24.3 Å². The second kappa shape index (κ2) is 3.96. The lowest BCUT2D eigenvalue weighted by molar-refractivity contribution is 0.890. The van der Waals surface area contributed by atoms with Crippen LogP contribution < -0.4 is 5.73 Å². The fourth-order valence-electron chi connectivity index (χ4n) is 1.81. The van der Waals surface area contributed by atoms with Crippen LogP contribution in [-0.2, 0) is 0 Å². The summed E-state index contributed by atoms with van der Waals surface area (Å²) in [6.07, 6.45) is 1.67. The van der Waals surface area contributed by atoms with Crippen molar-refractivity contribution < 1.29 is 0 Å². The highest BCUT2D eigenvalue weighted by molar-refractivity contribution is 6.30. The minimum atomic E-state index is 0.442. The summed E-state index contributed by atoms with van der Waals surface area (Å²) in [5.41, 5.74) is 7.42. The number of rotatable bonds is 1. The number of hydrogen-bond donors (Lipinski definition) is 1. The number of nitrogens with zero attached hydrogens (tertiary/aromatic N) is 4. The first-order chi connectivity index (χ1) is 8.65. The first-order valence-corrected chi connectivity index (χ1v) is 5.77. The zero-order chi connectivity index (χ0) is 12.7. The maximum absolute atomic E-state index is 5.87. The standard InChI is InChI=1S/C12H10ClN5/c1-7-16-11(14)10-6-15-18(12(10)17-7)9-4-2-8(13)3-5-9/h2-6H,1H3,(H2,14,16,17). The van der Waals surface area contributed by atoms with E-state index in [0.717, 1.165) is 11.1 Å². The second-order valence-electron chi connectivity index (χ2n) is 3.93. The topological polar surface area (TPSA) is 69.6 Å². The molecule has 1 aromatic carbocycles. The van der Waals surface area contributed by atoms with E-state index in [4.69, 9.17) is 17.3 Å². The third kappa shape index (κ3) is 1.69. The van der Waals surface area contributed by atoms with Gasteiger partial charge in [0.1, 0.15) is 11.6 Å². The molecule has 0 aliphatic rings. The average Bonchev–Trinajstić information content (AvgIpc) is 2.74. The summed E-state index contributed by atoms with van der Waals surface area (Å²) in [6, 6.07) is 7.37. The molecule has 3 rings (SSSR count). The van der Waals surface area contributed by atoms with Gasteiger partial charge < -0.3 is 5.73 Å². The Balaban J connectivity index is 2.27. The highest BCUT2D eigenvalue weighted by Gasteiger charge is 2.10. The molecule has 2 N–H and O–H groups in total. The van der Waals surface area contributed by atoms with Crippen molar-refractivity contribution in [2.75, 3.05) is 5.73 Å². The fourth-order valence-corrected chi connectivity index (χ4v) is 1.94. The number of anilines is 1. The van der Waals surface area contributed by atoms with E-state index in [2.05, 4.69) is 15.1 Å². The summed E-state index contributed by atoms with van der Waals surface area (Å²) < 4.78 is 1.72. The van der Waals surface area contributed by atoms with Crippen LogP contribution in [-0.4, -0.2) is 19.7 Å². The van der Waals surface area contributed by atoms with Gasteiger partial charge in [-0.05, 0) is 31.2 Å². The molecule has 0 atom stereocenters. The van der Waals surface area contributed by atoms with E-state index < -0.39 is 0 Å². The van der Waals surface area contributed by atoms with Crippen LogP contribution in [0.4, 0.5) is 5.82 Å². The maximum Gasteiger partial charge on any atom is 0.168 e.